The molecule has 2 aliphatic heterocycles. The normalized spacial score (nSPS) is 23.2. The lowest BCUT2D eigenvalue weighted by Crippen LogP contribution is -2.63. The third kappa shape index (κ3) is 6.41. The van der Waals surface area contributed by atoms with Gasteiger partial charge in [-0.15, -0.1) is 0 Å². The predicted octanol–water partition coefficient (Wildman–Crippen LogP) is 6.77. The first kappa shape index (κ1) is 33.8. The van der Waals surface area contributed by atoms with Gasteiger partial charge in [-0.1, -0.05) is 33.3 Å². The van der Waals surface area contributed by atoms with Gasteiger partial charge in [-0.2, -0.15) is 9.97 Å². The van der Waals surface area contributed by atoms with Gasteiger partial charge in [0.15, 0.2) is 5.82 Å². The molecule has 0 spiro atoms. The fourth-order valence-electron chi connectivity index (χ4n) is 7.94. The Morgan fingerprint density at radius 1 is 1.08 bits per heavy atom. The molecule has 3 fully saturated rings. The Kier molecular flexibility index (Phi) is 9.36. The maximum Gasteiger partial charge on any atom is 0.319 e. The van der Waals surface area contributed by atoms with Crippen LogP contribution in [-0.4, -0.2) is 88.6 Å². The smallest absolute Gasteiger partial charge is 0.319 e. The van der Waals surface area contributed by atoms with E-state index in [1.807, 2.05) is 6.92 Å². The third-order valence-electron chi connectivity index (χ3n) is 11.0. The minimum absolute atomic E-state index is 0.0108. The van der Waals surface area contributed by atoms with Crippen molar-refractivity contribution in [3.8, 4) is 23.0 Å². The van der Waals surface area contributed by atoms with Crippen molar-refractivity contribution in [3.63, 3.8) is 0 Å². The second-order valence-electron chi connectivity index (χ2n) is 14.3. The number of nitrogens with one attached hydrogen (secondary N) is 1. The number of aryl methyl sites for hydroxylation is 1. The van der Waals surface area contributed by atoms with Gasteiger partial charge in [0.25, 0.3) is 0 Å². The summed E-state index contributed by atoms with van der Waals surface area (Å²) in [4.78, 5) is 18.8. The van der Waals surface area contributed by atoms with Crippen LogP contribution in [0.1, 0.15) is 71.3 Å². The van der Waals surface area contributed by atoms with Gasteiger partial charge in [-0.3, -0.25) is 9.88 Å². The van der Waals surface area contributed by atoms with E-state index in [1.54, 1.807) is 18.3 Å². The summed E-state index contributed by atoms with van der Waals surface area (Å²) >= 11 is 0. The van der Waals surface area contributed by atoms with Crippen LogP contribution in [0.15, 0.2) is 30.5 Å². The number of fused-ring (bicyclic) bond motifs is 2. The van der Waals surface area contributed by atoms with Crippen molar-refractivity contribution >= 4 is 27.5 Å². The second kappa shape index (κ2) is 13.6. The van der Waals surface area contributed by atoms with E-state index >= 15 is 8.78 Å². The number of piperazine rings is 1. The van der Waals surface area contributed by atoms with Crippen LogP contribution in [0.5, 0.6) is 11.8 Å². The van der Waals surface area contributed by atoms with Gasteiger partial charge in [-0.25, -0.2) is 8.78 Å². The van der Waals surface area contributed by atoms with Crippen molar-refractivity contribution in [3.05, 3.63) is 47.7 Å². The Morgan fingerprint density at radius 3 is 2.63 bits per heavy atom. The maximum atomic E-state index is 17.1. The Bertz CT molecular complexity index is 1850. The molecule has 49 heavy (non-hydrogen) atoms. The van der Waals surface area contributed by atoms with E-state index < -0.39 is 5.82 Å². The molecule has 1 aliphatic carbocycles. The maximum absolute atomic E-state index is 17.1. The molecule has 2 aromatic heterocycles. The molecule has 2 aromatic carbocycles. The minimum Gasteiger partial charge on any atom is -0.508 e. The summed E-state index contributed by atoms with van der Waals surface area (Å²) in [5, 5.41) is 16.0. The van der Waals surface area contributed by atoms with E-state index in [0.29, 0.717) is 78.5 Å². The summed E-state index contributed by atoms with van der Waals surface area (Å²) < 4.78 is 44.8. The molecule has 3 aliphatic rings. The molecule has 11 heteroatoms. The second-order valence-corrected chi connectivity index (χ2v) is 14.3. The van der Waals surface area contributed by atoms with E-state index in [9.17, 15) is 5.11 Å². The van der Waals surface area contributed by atoms with Crippen molar-refractivity contribution in [2.75, 3.05) is 51.3 Å². The van der Waals surface area contributed by atoms with Crippen molar-refractivity contribution in [1.29, 1.82) is 0 Å². The molecular formula is C38H48F2N6O3. The van der Waals surface area contributed by atoms with Gasteiger partial charge in [0.05, 0.1) is 29.2 Å². The Balaban J connectivity index is 1.36. The summed E-state index contributed by atoms with van der Waals surface area (Å²) in [7, 11) is 2.14. The van der Waals surface area contributed by atoms with Crippen LogP contribution < -0.4 is 15.0 Å². The van der Waals surface area contributed by atoms with Crippen LogP contribution in [0.25, 0.3) is 32.9 Å². The zero-order valence-corrected chi connectivity index (χ0v) is 29.1. The first-order valence-corrected chi connectivity index (χ1v) is 18.0. The summed E-state index contributed by atoms with van der Waals surface area (Å²) in [6.07, 6.45) is 9.48. The number of nitrogens with zero attached hydrogens (tertiary/aromatic N) is 5. The molecule has 262 valence electrons. The number of rotatable bonds is 12. The lowest BCUT2D eigenvalue weighted by atomic mass is 9.92. The number of pyridine rings is 1. The van der Waals surface area contributed by atoms with E-state index in [-0.39, 0.29) is 39.9 Å². The molecule has 1 unspecified atom stereocenters. The van der Waals surface area contributed by atoms with Gasteiger partial charge >= 0.3 is 6.01 Å². The van der Waals surface area contributed by atoms with Crippen LogP contribution in [0, 0.1) is 11.6 Å². The molecule has 0 amide bonds. The topological polar surface area (TPSA) is 95.9 Å². The molecule has 2 N–H and O–H groups in total. The monoisotopic (exact) mass is 674 g/mol. The van der Waals surface area contributed by atoms with Gasteiger partial charge in [0, 0.05) is 31.4 Å². The number of anilines is 1. The van der Waals surface area contributed by atoms with Crippen LogP contribution in [-0.2, 0) is 11.2 Å². The van der Waals surface area contributed by atoms with Gasteiger partial charge in [0.1, 0.15) is 35.2 Å². The average Bonchev–Trinajstić information content (AvgIpc) is 3.88. The van der Waals surface area contributed by atoms with Crippen LogP contribution >= 0.6 is 0 Å². The highest BCUT2D eigenvalue weighted by molar-refractivity contribution is 6.01. The van der Waals surface area contributed by atoms with Crippen molar-refractivity contribution in [1.82, 2.24) is 25.2 Å². The summed E-state index contributed by atoms with van der Waals surface area (Å²) in [5.41, 5.74) is 0.395. The van der Waals surface area contributed by atoms with Crippen molar-refractivity contribution in [2.45, 2.75) is 89.3 Å². The lowest BCUT2D eigenvalue weighted by Gasteiger charge is -2.44. The minimum atomic E-state index is -0.667. The van der Waals surface area contributed by atoms with E-state index in [1.165, 1.54) is 12.1 Å². The quantitative estimate of drug-likeness (QED) is 0.169. The van der Waals surface area contributed by atoms with Gasteiger partial charge < -0.3 is 24.8 Å². The number of aromatic nitrogens is 3. The highest BCUT2D eigenvalue weighted by atomic mass is 19.1. The molecule has 4 heterocycles. The van der Waals surface area contributed by atoms with Crippen LogP contribution in [0.2, 0.25) is 0 Å². The first-order valence-electron chi connectivity index (χ1n) is 18.0. The van der Waals surface area contributed by atoms with E-state index in [4.69, 9.17) is 19.4 Å². The number of phenols is 1. The number of hydrogen-bond donors (Lipinski definition) is 2. The number of likely N-dealkylation sites (N-methyl/N-ethyl adjacent to an activating group) is 1. The van der Waals surface area contributed by atoms with Crippen LogP contribution in [0.4, 0.5) is 14.6 Å². The molecular weight excluding hydrogens is 626 g/mol. The zero-order valence-electron chi connectivity index (χ0n) is 29.1. The van der Waals surface area contributed by atoms with Crippen molar-refractivity contribution < 1.29 is 23.4 Å². The number of phenolic OH excluding ortho intramolecular Hbond substituents is 1. The zero-order chi connectivity index (χ0) is 34.3. The summed E-state index contributed by atoms with van der Waals surface area (Å²) in [6, 6.07) is 6.11. The largest absolute Gasteiger partial charge is 0.508 e. The SMILES string of the molecule is CCCC1(COc2nc(N3CCN[C@@](CC)(COC4CC4)C3)c3cnc(-c4cc(O)cc5ccc(F)c(CC)c45)c(F)c3n2)CCCN1C. The van der Waals surface area contributed by atoms with Gasteiger partial charge in [-0.05, 0) is 93.1 Å². The molecule has 0 bridgehead atoms. The van der Waals surface area contributed by atoms with Crippen molar-refractivity contribution in [2.24, 2.45) is 0 Å². The third-order valence-corrected chi connectivity index (χ3v) is 11.0. The molecule has 0 radical (unpaired) electrons. The molecule has 2 saturated heterocycles. The summed E-state index contributed by atoms with van der Waals surface area (Å²) in [6.45, 7) is 10.2. The molecule has 1 saturated carbocycles. The Hall–Kier alpha value is -3.67. The number of ether oxygens (including phenoxy) is 2. The fourth-order valence-corrected chi connectivity index (χ4v) is 7.94. The standard InChI is InChI=1S/C38H48F2N6O3/c1-5-13-38(14-8-16-45(38)4)23-49-36-43-34-29(35(44-36)46-17-15-42-37(7-3,21-46)22-48-26-10-11-26)20-41-33(32(34)40)28-19-25(47)18-24-9-12-30(39)27(6-2)31(24)28/h9,12,18-20,26,42,47H,5-8,10-11,13-17,21-23H2,1-4H3/t37-,38?/m1/s1. The highest BCUT2D eigenvalue weighted by Crippen LogP contribution is 2.40. The predicted molar refractivity (Wildman–Crippen MR) is 188 cm³/mol. The lowest BCUT2D eigenvalue weighted by molar-refractivity contribution is 0.0521. The van der Waals surface area contributed by atoms with E-state index in [0.717, 1.165) is 51.5 Å². The number of hydrogen-bond acceptors (Lipinski definition) is 9. The Morgan fingerprint density at radius 2 is 1.92 bits per heavy atom. The Labute approximate surface area is 287 Å². The molecule has 7 rings (SSSR count). The number of aromatic hydroxyl groups is 1. The highest BCUT2D eigenvalue weighted by Gasteiger charge is 2.40. The summed E-state index contributed by atoms with van der Waals surface area (Å²) in [5.74, 6) is -0.546. The average molecular weight is 675 g/mol. The number of likely N-dealkylation sites (tertiary alicyclic amines) is 1. The van der Waals surface area contributed by atoms with Crippen LogP contribution in [0.3, 0.4) is 0 Å². The number of halogens is 2. The molecule has 2 atom stereocenters. The fraction of sp³-hybridized carbons (Fsp3) is 0.553. The van der Waals surface area contributed by atoms with E-state index in [2.05, 4.69) is 41.0 Å². The number of benzene rings is 2. The van der Waals surface area contributed by atoms with Gasteiger partial charge in [0.2, 0.25) is 0 Å². The molecule has 4 aromatic rings. The first-order chi connectivity index (χ1) is 23.7. The molecule has 9 nitrogen and oxygen atoms in total.